The summed E-state index contributed by atoms with van der Waals surface area (Å²) in [5.74, 6) is 0.0460. The van der Waals surface area contributed by atoms with Gasteiger partial charge >= 0.3 is 0 Å². The van der Waals surface area contributed by atoms with Crippen LogP contribution in [-0.4, -0.2) is 57.2 Å². The third kappa shape index (κ3) is 8.04. The summed E-state index contributed by atoms with van der Waals surface area (Å²) in [5.41, 5.74) is 16.8. The minimum Gasteiger partial charge on any atom is -0.496 e. The molecule has 11 rings (SSSR count). The van der Waals surface area contributed by atoms with E-state index in [2.05, 4.69) is 120 Å². The Kier molecular flexibility index (Phi) is 10.6. The lowest BCUT2D eigenvalue weighted by molar-refractivity contribution is 0.473. The lowest BCUT2D eigenvalue weighted by atomic mass is 9.98. The van der Waals surface area contributed by atoms with Crippen LogP contribution in [0.5, 0.6) is 0 Å². The molecule has 0 aromatic heterocycles. The minimum atomic E-state index is 0.0460. The Bertz CT molecular complexity index is 3210. The standard InChI is InChI=1S/C58H43N7O/c1-64-33-28-39(29-34-64)40-30-35-65(36-31-40)37-32-54(66)59-45-19-11-18-44(38-45)58-52-26-24-50(62-52)56(42-14-7-3-8-15-42)48-22-20-46(60-48)55(41-12-5-2-6-13-41)47-21-23-49(61-47)57(43-16-9-4-10-17-43)51-25-27-53(58)63-51/h2-31,33-36,38H,32,37H2,1H3,(H,59,66). The van der Waals surface area contributed by atoms with Crippen LogP contribution in [0.1, 0.15) is 28.7 Å². The quantitative estimate of drug-likeness (QED) is 0.141. The Morgan fingerprint density at radius 1 is 0.439 bits per heavy atom. The van der Waals surface area contributed by atoms with Gasteiger partial charge in [0.05, 0.1) is 51.3 Å². The zero-order chi connectivity index (χ0) is 44.4. The predicted octanol–water partition coefficient (Wildman–Crippen LogP) is 12.3. The van der Waals surface area contributed by atoms with E-state index in [1.807, 2.05) is 110 Å². The molecule has 7 heterocycles. The zero-order valence-electron chi connectivity index (χ0n) is 36.2. The first-order chi connectivity index (χ1) is 32.5. The molecule has 8 bridgehead atoms. The van der Waals surface area contributed by atoms with Gasteiger partial charge in [0, 0.05) is 67.1 Å². The highest BCUT2D eigenvalue weighted by Gasteiger charge is 2.27. The van der Waals surface area contributed by atoms with E-state index in [0.717, 1.165) is 101 Å². The molecule has 316 valence electrons. The number of aliphatic hydroxyl groups is 1. The number of aliphatic imine (C=N–C) groups is 5. The fraction of sp³-hybridized carbons (Fsp3) is 0.0517. The molecule has 0 atom stereocenters. The Morgan fingerprint density at radius 3 is 1.24 bits per heavy atom. The van der Waals surface area contributed by atoms with Crippen LogP contribution in [0, 0.1) is 0 Å². The normalized spacial score (nSPS) is 18.5. The van der Waals surface area contributed by atoms with Crippen molar-refractivity contribution in [2.75, 3.05) is 13.6 Å². The smallest absolute Gasteiger partial charge is 0.187 e. The summed E-state index contributed by atoms with van der Waals surface area (Å²) in [6.07, 6.45) is 33.5. The second-order valence-electron chi connectivity index (χ2n) is 16.4. The number of hydrogen-bond acceptors (Lipinski definition) is 7. The van der Waals surface area contributed by atoms with Gasteiger partial charge in [0.1, 0.15) is 0 Å². The number of rotatable bonds is 8. The van der Waals surface area contributed by atoms with E-state index in [0.29, 0.717) is 18.7 Å². The average Bonchev–Trinajstić information content (AvgIpc) is 4.21. The summed E-state index contributed by atoms with van der Waals surface area (Å²) in [5, 5.41) is 11.2. The van der Waals surface area contributed by atoms with E-state index in [1.165, 1.54) is 0 Å². The molecule has 0 amide bonds. The summed E-state index contributed by atoms with van der Waals surface area (Å²) in [6.45, 7) is 0.572. The second kappa shape index (κ2) is 17.4. The molecule has 0 aliphatic carbocycles. The largest absolute Gasteiger partial charge is 0.496 e. The number of allylic oxidation sites excluding steroid dienone is 18. The van der Waals surface area contributed by atoms with Crippen LogP contribution in [0.3, 0.4) is 0 Å². The number of benzene rings is 4. The van der Waals surface area contributed by atoms with Crippen molar-refractivity contribution in [3.63, 3.8) is 0 Å². The first-order valence-corrected chi connectivity index (χ1v) is 22.0. The molecule has 0 unspecified atom stereocenters. The van der Waals surface area contributed by atoms with Gasteiger partial charge in [-0.05, 0) is 118 Å². The van der Waals surface area contributed by atoms with Crippen LogP contribution in [0.15, 0.2) is 272 Å². The highest BCUT2D eigenvalue weighted by Crippen LogP contribution is 2.39. The van der Waals surface area contributed by atoms with Crippen molar-refractivity contribution in [1.29, 1.82) is 0 Å². The molecular weight excluding hydrogens is 811 g/mol. The van der Waals surface area contributed by atoms with E-state index >= 15 is 0 Å². The van der Waals surface area contributed by atoms with Crippen LogP contribution in [-0.2, 0) is 0 Å². The second-order valence-corrected chi connectivity index (χ2v) is 16.4. The highest BCUT2D eigenvalue weighted by atomic mass is 16.3. The topological polar surface area (TPSA) is 88.5 Å². The molecule has 4 aromatic carbocycles. The number of fused-ring (bicyclic) bond motifs is 4. The highest BCUT2D eigenvalue weighted by molar-refractivity contribution is 6.39. The van der Waals surface area contributed by atoms with Crippen LogP contribution in [0.2, 0.25) is 0 Å². The van der Waals surface area contributed by atoms with Crippen LogP contribution in [0.4, 0.5) is 5.69 Å². The minimum absolute atomic E-state index is 0.0460. The molecule has 7 aliphatic rings. The first kappa shape index (κ1) is 40.1. The van der Waals surface area contributed by atoms with Crippen molar-refractivity contribution >= 4 is 56.7 Å². The maximum atomic E-state index is 11.2. The number of nitrogens with zero attached hydrogens (tertiary/aromatic N) is 7. The molecule has 0 fully saturated rings. The summed E-state index contributed by atoms with van der Waals surface area (Å²) in [6, 6.07) is 38.9. The third-order valence-electron chi connectivity index (χ3n) is 12.0. The van der Waals surface area contributed by atoms with Gasteiger partial charge < -0.3 is 14.9 Å². The van der Waals surface area contributed by atoms with Crippen molar-refractivity contribution in [3.05, 3.63) is 269 Å². The Hall–Kier alpha value is -8.75. The maximum Gasteiger partial charge on any atom is 0.187 e. The van der Waals surface area contributed by atoms with Crippen LogP contribution >= 0.6 is 0 Å². The van der Waals surface area contributed by atoms with Gasteiger partial charge in [-0.3, -0.25) is 0 Å². The molecule has 0 radical (unpaired) electrons. The number of aliphatic hydroxyl groups excluding tert-OH is 1. The maximum absolute atomic E-state index is 11.2. The Balaban J connectivity index is 1.02. The van der Waals surface area contributed by atoms with E-state index in [-0.39, 0.29) is 5.90 Å². The van der Waals surface area contributed by atoms with Crippen molar-refractivity contribution in [2.45, 2.75) is 6.42 Å². The van der Waals surface area contributed by atoms with Crippen molar-refractivity contribution in [1.82, 2.24) is 9.80 Å². The Morgan fingerprint density at radius 2 is 0.818 bits per heavy atom. The summed E-state index contributed by atoms with van der Waals surface area (Å²) in [4.78, 5) is 30.3. The molecule has 1 N–H and O–H groups in total. The molecule has 7 aliphatic heterocycles. The SMILES string of the molecule is CN1C=CC(=C2C=CN(CCC(O)=Nc3cccc(C4=C5C=CC(=N5)C(c5ccccc5)=C5C=CC(=N5)C(c5ccccc5)=C5C=CC(=N5)C(c5ccccc5)=C5C=CC4=N5)c3)C=C2)C=C1. The number of hydrogen-bond donors (Lipinski definition) is 1. The third-order valence-corrected chi connectivity index (χ3v) is 12.0. The molecule has 0 saturated heterocycles. The molecule has 8 heteroatoms. The van der Waals surface area contributed by atoms with Crippen LogP contribution in [0.25, 0.3) is 22.3 Å². The molecule has 0 saturated carbocycles. The van der Waals surface area contributed by atoms with Gasteiger partial charge in [0.25, 0.3) is 0 Å². The fourth-order valence-electron chi connectivity index (χ4n) is 8.74. The van der Waals surface area contributed by atoms with Crippen molar-refractivity contribution < 1.29 is 5.11 Å². The summed E-state index contributed by atoms with van der Waals surface area (Å²) in [7, 11) is 2.01. The molecule has 66 heavy (non-hydrogen) atoms. The van der Waals surface area contributed by atoms with Crippen LogP contribution < -0.4 is 0 Å². The van der Waals surface area contributed by atoms with Gasteiger partial charge in [-0.15, -0.1) is 0 Å². The van der Waals surface area contributed by atoms with Gasteiger partial charge in [0.15, 0.2) is 5.90 Å². The molecular formula is C58H43N7O. The summed E-state index contributed by atoms with van der Waals surface area (Å²) < 4.78 is 0. The van der Waals surface area contributed by atoms with Gasteiger partial charge in [-0.25, -0.2) is 25.0 Å². The predicted molar refractivity (Wildman–Crippen MR) is 272 cm³/mol. The van der Waals surface area contributed by atoms with E-state index < -0.39 is 0 Å². The monoisotopic (exact) mass is 853 g/mol. The summed E-state index contributed by atoms with van der Waals surface area (Å²) >= 11 is 0. The molecule has 8 nitrogen and oxygen atoms in total. The lowest BCUT2D eigenvalue weighted by Crippen LogP contribution is -2.16. The van der Waals surface area contributed by atoms with Gasteiger partial charge in [-0.1, -0.05) is 103 Å². The first-order valence-electron chi connectivity index (χ1n) is 22.0. The van der Waals surface area contributed by atoms with Crippen molar-refractivity contribution in [3.8, 4) is 0 Å². The van der Waals surface area contributed by atoms with Gasteiger partial charge in [-0.2, -0.15) is 0 Å². The fourth-order valence-corrected chi connectivity index (χ4v) is 8.74. The van der Waals surface area contributed by atoms with E-state index in [9.17, 15) is 5.11 Å². The average molecular weight is 854 g/mol. The van der Waals surface area contributed by atoms with Crippen molar-refractivity contribution in [2.24, 2.45) is 25.0 Å². The zero-order valence-corrected chi connectivity index (χ0v) is 36.2. The lowest BCUT2D eigenvalue weighted by Gasteiger charge is -2.20. The van der Waals surface area contributed by atoms with E-state index in [1.54, 1.807) is 0 Å². The molecule has 0 spiro atoms. The molecule has 4 aromatic rings. The van der Waals surface area contributed by atoms with E-state index in [4.69, 9.17) is 25.0 Å². The Labute approximate surface area is 384 Å². The van der Waals surface area contributed by atoms with Gasteiger partial charge in [0.2, 0.25) is 0 Å².